The van der Waals surface area contributed by atoms with Gasteiger partial charge in [-0.25, -0.2) is 8.42 Å². The highest BCUT2D eigenvalue weighted by atomic mass is 32.2. The Bertz CT molecular complexity index is 1000. The number of benzene rings is 1. The summed E-state index contributed by atoms with van der Waals surface area (Å²) >= 11 is 1.38. The molecule has 0 radical (unpaired) electrons. The van der Waals surface area contributed by atoms with Gasteiger partial charge in [-0.05, 0) is 48.9 Å². The molecule has 1 saturated heterocycles. The van der Waals surface area contributed by atoms with E-state index in [0.29, 0.717) is 30.9 Å². The van der Waals surface area contributed by atoms with Crippen LogP contribution < -0.4 is 5.32 Å². The number of thiophene rings is 1. The van der Waals surface area contributed by atoms with Crippen LogP contribution in [0.5, 0.6) is 0 Å². The van der Waals surface area contributed by atoms with Gasteiger partial charge in [-0.3, -0.25) is 9.59 Å². The van der Waals surface area contributed by atoms with Crippen LogP contribution in [0.1, 0.15) is 54.9 Å². The number of hydrogen-bond donors (Lipinski definition) is 1. The largest absolute Gasteiger partial charge is 0.348 e. The maximum atomic E-state index is 12.9. The van der Waals surface area contributed by atoms with Gasteiger partial charge in [-0.1, -0.05) is 32.0 Å². The third-order valence-corrected chi connectivity index (χ3v) is 8.55. The molecule has 7 nitrogen and oxygen atoms in total. The number of hydrogen-bond acceptors (Lipinski definition) is 5. The van der Waals surface area contributed by atoms with Gasteiger partial charge in [0.2, 0.25) is 15.9 Å². The van der Waals surface area contributed by atoms with E-state index in [0.717, 1.165) is 12.0 Å². The van der Waals surface area contributed by atoms with Gasteiger partial charge < -0.3 is 10.2 Å². The minimum Gasteiger partial charge on any atom is -0.348 e. The van der Waals surface area contributed by atoms with Gasteiger partial charge in [0.25, 0.3) is 5.91 Å². The Labute approximate surface area is 188 Å². The van der Waals surface area contributed by atoms with Crippen molar-refractivity contribution in [1.82, 2.24) is 14.5 Å². The number of carbonyl (C=O) groups is 2. The number of sulfonamides is 1. The summed E-state index contributed by atoms with van der Waals surface area (Å²) in [5.74, 6) is -0.291. The summed E-state index contributed by atoms with van der Waals surface area (Å²) in [6, 6.07) is 9.42. The molecule has 9 heteroatoms. The molecular formula is C22H29N3O4S2. The second kappa shape index (κ2) is 9.93. The second-order valence-corrected chi connectivity index (χ2v) is 10.4. The fourth-order valence-electron chi connectivity index (χ4n) is 3.86. The van der Waals surface area contributed by atoms with Crippen LogP contribution in [0.3, 0.4) is 0 Å². The predicted molar refractivity (Wildman–Crippen MR) is 121 cm³/mol. The molecule has 1 aromatic carbocycles. The topological polar surface area (TPSA) is 86.8 Å². The highest BCUT2D eigenvalue weighted by Crippen LogP contribution is 2.24. The van der Waals surface area contributed by atoms with E-state index >= 15 is 0 Å². The lowest BCUT2D eigenvalue weighted by molar-refractivity contribution is -0.125. The molecule has 2 amide bonds. The molecule has 0 saturated carbocycles. The minimum absolute atomic E-state index is 0.105. The molecule has 0 aliphatic carbocycles. The summed E-state index contributed by atoms with van der Waals surface area (Å²) in [7, 11) is -3.52. The lowest BCUT2D eigenvalue weighted by atomic mass is 10.1. The van der Waals surface area contributed by atoms with E-state index in [4.69, 9.17) is 0 Å². The molecule has 2 aromatic rings. The van der Waals surface area contributed by atoms with Crippen molar-refractivity contribution in [3.8, 4) is 0 Å². The van der Waals surface area contributed by atoms with Crippen molar-refractivity contribution in [3.63, 3.8) is 0 Å². The van der Waals surface area contributed by atoms with Gasteiger partial charge in [-0.15, -0.1) is 11.3 Å². The Kier molecular flexibility index (Phi) is 7.51. The molecule has 168 valence electrons. The van der Waals surface area contributed by atoms with Crippen LogP contribution in [-0.2, 0) is 14.8 Å². The molecule has 31 heavy (non-hydrogen) atoms. The number of nitrogens with zero attached hydrogens (tertiary/aromatic N) is 2. The van der Waals surface area contributed by atoms with Crippen LogP contribution in [0.25, 0.3) is 0 Å². The standard InChI is InChI=1S/C22H29N3O4S2/c1-4-24(5-2)31(28,29)18-12-10-17(11-13-18)16(3)23-21(26)19-8-6-14-25(19)22(27)20-9-7-15-30-20/h7,9-13,15-16,19H,4-6,8,14H2,1-3H3,(H,23,26)/t16-,19-/m0/s1. The number of nitrogens with one attached hydrogen (secondary N) is 1. The van der Waals surface area contributed by atoms with E-state index in [2.05, 4.69) is 5.32 Å². The van der Waals surface area contributed by atoms with Crippen molar-refractivity contribution < 1.29 is 18.0 Å². The summed E-state index contributed by atoms with van der Waals surface area (Å²) in [6.07, 6.45) is 1.43. The fourth-order valence-corrected chi connectivity index (χ4v) is 6.00. The minimum atomic E-state index is -3.52. The van der Waals surface area contributed by atoms with Gasteiger partial charge >= 0.3 is 0 Å². The first-order chi connectivity index (χ1) is 14.8. The molecule has 0 unspecified atom stereocenters. The molecule has 1 aliphatic heterocycles. The van der Waals surface area contributed by atoms with Crippen molar-refractivity contribution in [2.24, 2.45) is 0 Å². The highest BCUT2D eigenvalue weighted by Gasteiger charge is 2.35. The van der Waals surface area contributed by atoms with E-state index in [1.807, 2.05) is 32.2 Å². The third-order valence-electron chi connectivity index (χ3n) is 5.63. The average Bonchev–Trinajstić information content (AvgIpc) is 3.46. The zero-order valence-electron chi connectivity index (χ0n) is 18.1. The molecule has 1 fully saturated rings. The lowest BCUT2D eigenvalue weighted by Gasteiger charge is -2.25. The van der Waals surface area contributed by atoms with E-state index < -0.39 is 16.1 Å². The number of likely N-dealkylation sites (tertiary alicyclic amines) is 1. The molecule has 1 aliphatic rings. The smallest absolute Gasteiger partial charge is 0.264 e. The van der Waals surface area contributed by atoms with Crippen molar-refractivity contribution in [3.05, 3.63) is 52.2 Å². The zero-order chi connectivity index (χ0) is 22.6. The van der Waals surface area contributed by atoms with Crippen LogP contribution in [0.2, 0.25) is 0 Å². The summed E-state index contributed by atoms with van der Waals surface area (Å²) < 4.78 is 26.7. The van der Waals surface area contributed by atoms with Gasteiger partial charge in [0, 0.05) is 19.6 Å². The van der Waals surface area contributed by atoms with E-state index in [1.54, 1.807) is 35.2 Å². The van der Waals surface area contributed by atoms with Crippen molar-refractivity contribution in [2.75, 3.05) is 19.6 Å². The summed E-state index contributed by atoms with van der Waals surface area (Å²) in [4.78, 5) is 28.1. The number of carbonyl (C=O) groups excluding carboxylic acids is 2. The Morgan fingerprint density at radius 1 is 1.19 bits per heavy atom. The Hall–Kier alpha value is -2.23. The fraction of sp³-hybridized carbons (Fsp3) is 0.455. The zero-order valence-corrected chi connectivity index (χ0v) is 19.7. The number of amides is 2. The van der Waals surface area contributed by atoms with E-state index in [9.17, 15) is 18.0 Å². The molecule has 2 atom stereocenters. The Morgan fingerprint density at radius 2 is 1.87 bits per heavy atom. The molecule has 1 aromatic heterocycles. The van der Waals surface area contributed by atoms with Gasteiger partial charge in [0.15, 0.2) is 0 Å². The normalized spacial score (nSPS) is 17.7. The number of rotatable bonds is 8. The van der Waals surface area contributed by atoms with Crippen LogP contribution >= 0.6 is 11.3 Å². The van der Waals surface area contributed by atoms with Crippen LogP contribution in [0, 0.1) is 0 Å². The molecule has 1 N–H and O–H groups in total. The average molecular weight is 464 g/mol. The SMILES string of the molecule is CCN(CC)S(=O)(=O)c1ccc([C@H](C)NC(=O)[C@@H]2CCCN2C(=O)c2cccs2)cc1. The molecule has 0 bridgehead atoms. The van der Waals surface area contributed by atoms with Crippen molar-refractivity contribution >= 4 is 33.2 Å². The van der Waals surface area contributed by atoms with Gasteiger partial charge in [-0.2, -0.15) is 4.31 Å². The van der Waals surface area contributed by atoms with Crippen LogP contribution in [0.15, 0.2) is 46.7 Å². The Morgan fingerprint density at radius 3 is 2.45 bits per heavy atom. The molecule has 2 heterocycles. The lowest BCUT2D eigenvalue weighted by Crippen LogP contribution is -2.46. The van der Waals surface area contributed by atoms with Crippen molar-refractivity contribution in [2.45, 2.75) is 50.6 Å². The van der Waals surface area contributed by atoms with Gasteiger partial charge in [0.05, 0.1) is 15.8 Å². The molecular weight excluding hydrogens is 434 g/mol. The third kappa shape index (κ3) is 4.99. The quantitative estimate of drug-likeness (QED) is 0.651. The monoisotopic (exact) mass is 463 g/mol. The molecule has 0 spiro atoms. The maximum Gasteiger partial charge on any atom is 0.264 e. The second-order valence-electron chi connectivity index (χ2n) is 7.52. The molecule has 3 rings (SSSR count). The first-order valence-corrected chi connectivity index (χ1v) is 12.9. The summed E-state index contributed by atoms with van der Waals surface area (Å²) in [5, 5.41) is 4.83. The Balaban J connectivity index is 1.67. The maximum absolute atomic E-state index is 12.9. The first kappa shape index (κ1) is 23.4. The summed E-state index contributed by atoms with van der Waals surface area (Å²) in [5.41, 5.74) is 0.806. The highest BCUT2D eigenvalue weighted by molar-refractivity contribution is 7.89. The van der Waals surface area contributed by atoms with E-state index in [-0.39, 0.29) is 22.8 Å². The predicted octanol–water partition coefficient (Wildman–Crippen LogP) is 3.26. The van der Waals surface area contributed by atoms with Crippen LogP contribution in [-0.4, -0.2) is 55.1 Å². The summed E-state index contributed by atoms with van der Waals surface area (Å²) in [6.45, 7) is 6.86. The van der Waals surface area contributed by atoms with Crippen molar-refractivity contribution in [1.29, 1.82) is 0 Å². The van der Waals surface area contributed by atoms with E-state index in [1.165, 1.54) is 15.6 Å². The van der Waals surface area contributed by atoms with Gasteiger partial charge in [0.1, 0.15) is 6.04 Å². The first-order valence-electron chi connectivity index (χ1n) is 10.5. The van der Waals surface area contributed by atoms with Crippen LogP contribution in [0.4, 0.5) is 0 Å².